The van der Waals surface area contributed by atoms with Crippen LogP contribution < -0.4 is 0 Å². The molecule has 0 unspecified atom stereocenters. The van der Waals surface area contributed by atoms with Gasteiger partial charge in [0.2, 0.25) is 0 Å². The van der Waals surface area contributed by atoms with Gasteiger partial charge in [-0.15, -0.1) is 0 Å². The van der Waals surface area contributed by atoms with Crippen molar-refractivity contribution in [2.45, 2.75) is 36.4 Å². The van der Waals surface area contributed by atoms with Gasteiger partial charge in [-0.05, 0) is 5.56 Å². The van der Waals surface area contributed by atoms with Crippen LogP contribution in [0.5, 0.6) is 0 Å². The summed E-state index contributed by atoms with van der Waals surface area (Å²) in [6.45, 7) is 0. The van der Waals surface area contributed by atoms with Crippen LogP contribution in [-0.4, -0.2) is 29.5 Å². The number of hydrogen-bond donors (Lipinski definition) is 1. The summed E-state index contributed by atoms with van der Waals surface area (Å²) >= 11 is 0. The van der Waals surface area contributed by atoms with Crippen LogP contribution in [0.25, 0.3) is 0 Å². The van der Waals surface area contributed by atoms with E-state index in [1.165, 1.54) is 5.56 Å². The van der Waals surface area contributed by atoms with E-state index in [0.717, 1.165) is 6.42 Å². The Morgan fingerprint density at radius 2 is 2.07 bits per heavy atom. The summed E-state index contributed by atoms with van der Waals surface area (Å²) in [5, 5.41) is 9.74. The Labute approximate surface area is 87.6 Å². The molecule has 0 saturated carbocycles. The number of benzene rings is 1. The number of ether oxygens (including phenoxy) is 2. The number of hydrogen-bond acceptors (Lipinski definition) is 3. The van der Waals surface area contributed by atoms with Crippen LogP contribution in [0.4, 0.5) is 0 Å². The predicted molar refractivity (Wildman–Crippen MR) is 52.3 cm³/mol. The summed E-state index contributed by atoms with van der Waals surface area (Å²) in [5.41, 5.74) is 0.927. The molecule has 0 radical (unpaired) electrons. The first-order valence-electron chi connectivity index (χ1n) is 5.38. The van der Waals surface area contributed by atoms with Gasteiger partial charge >= 0.3 is 0 Å². The first-order chi connectivity index (χ1) is 7.31. The second-order valence-electron chi connectivity index (χ2n) is 4.63. The van der Waals surface area contributed by atoms with Gasteiger partial charge in [-0.1, -0.05) is 30.3 Å². The maximum Gasteiger partial charge on any atom is 0.125 e. The highest BCUT2D eigenvalue weighted by Gasteiger charge is 2.72. The standard InChI is InChI=1S/C12H12O3/c13-9-8-6-12(7-4-2-1-3-5-7)11(14-8)10(9)15-12/h1-5,8-11,13H,6H2/t8-,9-,10+,11-,12+/m0/s1. The van der Waals surface area contributed by atoms with E-state index in [-0.39, 0.29) is 23.9 Å². The molecule has 1 N–H and O–H groups in total. The monoisotopic (exact) mass is 204 g/mol. The lowest BCUT2D eigenvalue weighted by atomic mass is 9.71. The highest BCUT2D eigenvalue weighted by Crippen LogP contribution is 2.59. The zero-order valence-electron chi connectivity index (χ0n) is 8.17. The first kappa shape index (κ1) is 8.28. The zero-order valence-corrected chi connectivity index (χ0v) is 8.17. The summed E-state index contributed by atoms with van der Waals surface area (Å²) in [6.07, 6.45) is 0.331. The second kappa shape index (κ2) is 2.43. The normalized spacial score (nSPS) is 50.5. The van der Waals surface area contributed by atoms with Crippen LogP contribution in [0.1, 0.15) is 12.0 Å². The van der Waals surface area contributed by atoms with E-state index in [9.17, 15) is 5.11 Å². The third kappa shape index (κ3) is 0.794. The molecule has 78 valence electrons. The molecular weight excluding hydrogens is 192 g/mol. The smallest absolute Gasteiger partial charge is 0.125 e. The molecule has 3 fully saturated rings. The van der Waals surface area contributed by atoms with Gasteiger partial charge in [0, 0.05) is 6.42 Å². The Balaban J connectivity index is 1.77. The summed E-state index contributed by atoms with van der Waals surface area (Å²) in [5.74, 6) is 0. The molecule has 4 rings (SSSR count). The lowest BCUT2D eigenvalue weighted by molar-refractivity contribution is -0.279. The van der Waals surface area contributed by atoms with Crippen molar-refractivity contribution >= 4 is 0 Å². The SMILES string of the molecule is O[C@@H]1[C@H]2O[C@@]3(c4ccccc4)C[C@@H]1O[C@@H]23. The van der Waals surface area contributed by atoms with Crippen LogP contribution in [0, 0.1) is 0 Å². The van der Waals surface area contributed by atoms with Crippen molar-refractivity contribution in [1.82, 2.24) is 0 Å². The minimum absolute atomic E-state index is 0.0195. The van der Waals surface area contributed by atoms with Gasteiger partial charge in [0.1, 0.15) is 23.9 Å². The van der Waals surface area contributed by atoms with E-state index >= 15 is 0 Å². The summed E-state index contributed by atoms with van der Waals surface area (Å²) in [6, 6.07) is 10.2. The average Bonchev–Trinajstić information content (AvgIpc) is 2.68. The molecule has 2 bridgehead atoms. The quantitative estimate of drug-likeness (QED) is 0.735. The summed E-state index contributed by atoms with van der Waals surface area (Å²) in [4.78, 5) is 0. The number of fused-ring (bicyclic) bond motifs is 1. The topological polar surface area (TPSA) is 38.7 Å². The van der Waals surface area contributed by atoms with Gasteiger partial charge in [0.25, 0.3) is 0 Å². The Morgan fingerprint density at radius 3 is 2.67 bits per heavy atom. The minimum Gasteiger partial charge on any atom is -0.388 e. The lowest BCUT2D eigenvalue weighted by Gasteiger charge is -2.52. The fourth-order valence-electron chi connectivity index (χ4n) is 3.18. The van der Waals surface area contributed by atoms with Gasteiger partial charge in [-0.3, -0.25) is 0 Å². The fraction of sp³-hybridized carbons (Fsp3) is 0.500. The van der Waals surface area contributed by atoms with Crippen LogP contribution in [0.3, 0.4) is 0 Å². The van der Waals surface area contributed by atoms with Crippen molar-refractivity contribution in [3.05, 3.63) is 35.9 Å². The molecule has 1 aromatic carbocycles. The van der Waals surface area contributed by atoms with Gasteiger partial charge in [-0.2, -0.15) is 0 Å². The second-order valence-corrected chi connectivity index (χ2v) is 4.63. The molecule has 15 heavy (non-hydrogen) atoms. The number of aliphatic hydroxyl groups excluding tert-OH is 1. The molecule has 0 aliphatic carbocycles. The maximum atomic E-state index is 9.74. The first-order valence-corrected chi connectivity index (χ1v) is 5.38. The Morgan fingerprint density at radius 1 is 1.27 bits per heavy atom. The van der Waals surface area contributed by atoms with Gasteiger partial charge in [-0.25, -0.2) is 0 Å². The Hall–Kier alpha value is -0.900. The lowest BCUT2D eigenvalue weighted by Crippen LogP contribution is -2.65. The van der Waals surface area contributed by atoms with Crippen molar-refractivity contribution in [3.8, 4) is 0 Å². The molecular formula is C12H12O3. The Bertz CT molecular complexity index is 403. The molecule has 1 aromatic rings. The van der Waals surface area contributed by atoms with E-state index in [1.54, 1.807) is 0 Å². The molecule has 5 atom stereocenters. The minimum atomic E-state index is -0.416. The number of aliphatic hydroxyl groups is 1. The van der Waals surface area contributed by atoms with Crippen LogP contribution >= 0.6 is 0 Å². The molecule has 3 heteroatoms. The van der Waals surface area contributed by atoms with Crippen LogP contribution in [0.15, 0.2) is 30.3 Å². The molecule has 0 amide bonds. The van der Waals surface area contributed by atoms with Crippen molar-refractivity contribution in [2.24, 2.45) is 0 Å². The van der Waals surface area contributed by atoms with E-state index in [0.29, 0.717) is 0 Å². The molecule has 0 spiro atoms. The van der Waals surface area contributed by atoms with Crippen molar-refractivity contribution in [1.29, 1.82) is 0 Å². The zero-order chi connectivity index (χ0) is 10.0. The molecule has 0 aromatic heterocycles. The molecule has 3 nitrogen and oxygen atoms in total. The van der Waals surface area contributed by atoms with Gasteiger partial charge < -0.3 is 14.6 Å². The van der Waals surface area contributed by atoms with E-state index in [2.05, 4.69) is 12.1 Å². The third-order valence-corrected chi connectivity index (χ3v) is 3.91. The van der Waals surface area contributed by atoms with Crippen molar-refractivity contribution in [3.63, 3.8) is 0 Å². The largest absolute Gasteiger partial charge is 0.388 e. The molecule has 3 aliphatic rings. The van der Waals surface area contributed by atoms with E-state index < -0.39 is 6.10 Å². The van der Waals surface area contributed by atoms with Crippen LogP contribution in [-0.2, 0) is 15.1 Å². The van der Waals surface area contributed by atoms with E-state index in [1.807, 2.05) is 18.2 Å². The summed E-state index contributed by atoms with van der Waals surface area (Å²) in [7, 11) is 0. The average molecular weight is 204 g/mol. The van der Waals surface area contributed by atoms with Gasteiger partial charge in [0.15, 0.2) is 0 Å². The predicted octanol–water partition coefficient (Wildman–Crippen LogP) is 0.813. The molecule has 3 saturated heterocycles. The maximum absolute atomic E-state index is 9.74. The van der Waals surface area contributed by atoms with E-state index in [4.69, 9.17) is 9.47 Å². The number of rotatable bonds is 1. The van der Waals surface area contributed by atoms with Crippen molar-refractivity contribution < 1.29 is 14.6 Å². The Kier molecular flexibility index (Phi) is 1.34. The molecule has 3 aliphatic heterocycles. The van der Waals surface area contributed by atoms with Gasteiger partial charge in [0.05, 0.1) is 6.10 Å². The van der Waals surface area contributed by atoms with Crippen molar-refractivity contribution in [2.75, 3.05) is 0 Å². The van der Waals surface area contributed by atoms with Crippen LogP contribution in [0.2, 0.25) is 0 Å². The third-order valence-electron chi connectivity index (χ3n) is 3.91. The highest BCUT2D eigenvalue weighted by atomic mass is 16.7. The highest BCUT2D eigenvalue weighted by molar-refractivity contribution is 5.33. The molecule has 3 heterocycles. The summed E-state index contributed by atoms with van der Waals surface area (Å²) < 4.78 is 11.6. The fourth-order valence-corrected chi connectivity index (χ4v) is 3.18.